The van der Waals surface area contributed by atoms with Crippen LogP contribution >= 0.6 is 0 Å². The summed E-state index contributed by atoms with van der Waals surface area (Å²) in [5, 5.41) is 7.58. The Kier molecular flexibility index (Phi) is 5.43. The van der Waals surface area contributed by atoms with Crippen LogP contribution in [-0.4, -0.2) is 58.0 Å². The Labute approximate surface area is 111 Å². The molecule has 0 unspecified atom stereocenters. The summed E-state index contributed by atoms with van der Waals surface area (Å²) in [5.41, 5.74) is 5.58. The van der Waals surface area contributed by atoms with Crippen molar-refractivity contribution in [2.45, 2.75) is 26.4 Å². The van der Waals surface area contributed by atoms with Crippen molar-refractivity contribution in [1.82, 2.24) is 19.9 Å². The molecule has 0 aliphatic heterocycles. The van der Waals surface area contributed by atoms with Gasteiger partial charge in [0, 0.05) is 12.6 Å². The van der Waals surface area contributed by atoms with Crippen LogP contribution in [0.3, 0.4) is 0 Å². The van der Waals surface area contributed by atoms with Crippen molar-refractivity contribution in [3.63, 3.8) is 0 Å². The van der Waals surface area contributed by atoms with Crippen LogP contribution < -0.4 is 5.73 Å². The van der Waals surface area contributed by atoms with Crippen molar-refractivity contribution in [2.24, 2.45) is 5.73 Å². The standard InChI is InChI=1S/C11H19N5O3/c1-8(2)16(7-10(17)19-3)11(18)9-6-15(5-4-12)14-13-9/h6,8H,4-5,7,12H2,1-3H3. The molecule has 1 aromatic heterocycles. The van der Waals surface area contributed by atoms with Crippen molar-refractivity contribution in [3.05, 3.63) is 11.9 Å². The highest BCUT2D eigenvalue weighted by atomic mass is 16.5. The van der Waals surface area contributed by atoms with E-state index in [1.54, 1.807) is 0 Å². The van der Waals surface area contributed by atoms with Crippen LogP contribution in [0.15, 0.2) is 6.20 Å². The number of amides is 1. The molecule has 1 heterocycles. The van der Waals surface area contributed by atoms with Gasteiger partial charge in [-0.1, -0.05) is 5.21 Å². The Hall–Kier alpha value is -1.96. The number of hydrogen-bond donors (Lipinski definition) is 1. The summed E-state index contributed by atoms with van der Waals surface area (Å²) >= 11 is 0. The molecular formula is C11H19N5O3. The van der Waals surface area contributed by atoms with Crippen LogP contribution in [0.4, 0.5) is 0 Å². The van der Waals surface area contributed by atoms with E-state index >= 15 is 0 Å². The third-order valence-corrected chi connectivity index (χ3v) is 2.53. The SMILES string of the molecule is COC(=O)CN(C(=O)c1cn(CCN)nn1)C(C)C. The van der Waals surface area contributed by atoms with Crippen molar-refractivity contribution in [2.75, 3.05) is 20.2 Å². The predicted octanol–water partition coefficient (Wildman–Crippen LogP) is -0.740. The first-order chi connectivity index (χ1) is 8.99. The molecule has 0 atom stereocenters. The van der Waals surface area contributed by atoms with Gasteiger partial charge in [-0.3, -0.25) is 14.3 Å². The van der Waals surface area contributed by atoms with Gasteiger partial charge in [0.1, 0.15) is 6.54 Å². The number of methoxy groups -OCH3 is 1. The van der Waals surface area contributed by atoms with Crippen LogP contribution in [0.1, 0.15) is 24.3 Å². The maximum Gasteiger partial charge on any atom is 0.325 e. The van der Waals surface area contributed by atoms with Crippen molar-refractivity contribution in [1.29, 1.82) is 0 Å². The van der Waals surface area contributed by atoms with E-state index in [-0.39, 0.29) is 24.2 Å². The fourth-order valence-corrected chi connectivity index (χ4v) is 1.48. The van der Waals surface area contributed by atoms with Crippen molar-refractivity contribution >= 4 is 11.9 Å². The highest BCUT2D eigenvalue weighted by Crippen LogP contribution is 2.06. The lowest BCUT2D eigenvalue weighted by atomic mass is 10.2. The maximum atomic E-state index is 12.2. The maximum absolute atomic E-state index is 12.2. The van der Waals surface area contributed by atoms with Gasteiger partial charge in [-0.05, 0) is 13.8 Å². The molecule has 2 N–H and O–H groups in total. The molecule has 19 heavy (non-hydrogen) atoms. The minimum absolute atomic E-state index is 0.114. The molecule has 0 fully saturated rings. The van der Waals surface area contributed by atoms with Gasteiger partial charge in [-0.15, -0.1) is 5.10 Å². The van der Waals surface area contributed by atoms with Crippen LogP contribution in [0.2, 0.25) is 0 Å². The molecule has 0 saturated carbocycles. The van der Waals surface area contributed by atoms with Gasteiger partial charge in [-0.25, -0.2) is 0 Å². The summed E-state index contributed by atoms with van der Waals surface area (Å²) in [4.78, 5) is 24.9. The van der Waals surface area contributed by atoms with Crippen LogP contribution in [0.5, 0.6) is 0 Å². The summed E-state index contributed by atoms with van der Waals surface area (Å²) in [6, 6.07) is -0.147. The Morgan fingerprint density at radius 1 is 1.53 bits per heavy atom. The lowest BCUT2D eigenvalue weighted by Crippen LogP contribution is -2.41. The van der Waals surface area contributed by atoms with Crippen molar-refractivity contribution in [3.8, 4) is 0 Å². The Bertz CT molecular complexity index is 443. The summed E-state index contributed by atoms with van der Waals surface area (Å²) in [6.45, 7) is 4.40. The predicted molar refractivity (Wildman–Crippen MR) is 67.3 cm³/mol. The van der Waals surface area contributed by atoms with Crippen molar-refractivity contribution < 1.29 is 14.3 Å². The Balaban J connectivity index is 2.83. The molecule has 0 spiro atoms. The second-order valence-electron chi connectivity index (χ2n) is 4.26. The zero-order valence-corrected chi connectivity index (χ0v) is 11.4. The number of esters is 1. The lowest BCUT2D eigenvalue weighted by Gasteiger charge is -2.24. The number of rotatable bonds is 6. The molecule has 1 aromatic rings. The molecule has 0 bridgehead atoms. The van der Waals surface area contributed by atoms with Gasteiger partial charge >= 0.3 is 5.97 Å². The molecule has 106 valence electrons. The van der Waals surface area contributed by atoms with Crippen LogP contribution in [-0.2, 0) is 16.1 Å². The molecule has 0 saturated heterocycles. The summed E-state index contributed by atoms with van der Waals surface area (Å²) < 4.78 is 6.06. The smallest absolute Gasteiger partial charge is 0.325 e. The van der Waals surface area contributed by atoms with Gasteiger partial charge in [0.05, 0.1) is 19.9 Å². The van der Waals surface area contributed by atoms with E-state index in [0.717, 1.165) is 0 Å². The summed E-state index contributed by atoms with van der Waals surface area (Å²) in [5.74, 6) is -0.833. The third-order valence-electron chi connectivity index (χ3n) is 2.53. The number of ether oxygens (including phenoxy) is 1. The van der Waals surface area contributed by atoms with E-state index in [2.05, 4.69) is 15.0 Å². The number of carbonyl (C=O) groups excluding carboxylic acids is 2. The molecule has 0 aromatic carbocycles. The van der Waals surface area contributed by atoms with E-state index in [4.69, 9.17) is 5.73 Å². The normalized spacial score (nSPS) is 10.6. The lowest BCUT2D eigenvalue weighted by molar-refractivity contribution is -0.141. The number of carbonyl (C=O) groups is 2. The van der Waals surface area contributed by atoms with E-state index in [0.29, 0.717) is 13.1 Å². The van der Waals surface area contributed by atoms with Gasteiger partial charge in [0.15, 0.2) is 5.69 Å². The van der Waals surface area contributed by atoms with E-state index < -0.39 is 5.97 Å². The molecule has 1 rings (SSSR count). The Morgan fingerprint density at radius 2 is 2.21 bits per heavy atom. The van der Waals surface area contributed by atoms with Crippen LogP contribution in [0, 0.1) is 0 Å². The minimum Gasteiger partial charge on any atom is -0.468 e. The number of nitrogens with two attached hydrogens (primary N) is 1. The van der Waals surface area contributed by atoms with Gasteiger partial charge in [0.2, 0.25) is 0 Å². The monoisotopic (exact) mass is 269 g/mol. The zero-order chi connectivity index (χ0) is 14.4. The molecule has 8 nitrogen and oxygen atoms in total. The highest BCUT2D eigenvalue weighted by molar-refractivity contribution is 5.94. The highest BCUT2D eigenvalue weighted by Gasteiger charge is 2.24. The second-order valence-corrected chi connectivity index (χ2v) is 4.26. The first kappa shape index (κ1) is 15.1. The van der Waals surface area contributed by atoms with E-state index in [9.17, 15) is 9.59 Å². The quantitative estimate of drug-likeness (QED) is 0.682. The largest absolute Gasteiger partial charge is 0.468 e. The van der Waals surface area contributed by atoms with Gasteiger partial charge in [-0.2, -0.15) is 0 Å². The average Bonchev–Trinajstić information content (AvgIpc) is 2.83. The molecular weight excluding hydrogens is 250 g/mol. The fraction of sp³-hybridized carbons (Fsp3) is 0.636. The summed E-state index contributed by atoms with van der Waals surface area (Å²) in [7, 11) is 1.28. The molecule has 0 aliphatic carbocycles. The average molecular weight is 269 g/mol. The molecule has 8 heteroatoms. The molecule has 1 amide bonds. The number of nitrogens with zero attached hydrogens (tertiary/aromatic N) is 4. The van der Waals surface area contributed by atoms with Gasteiger partial charge in [0.25, 0.3) is 5.91 Å². The zero-order valence-electron chi connectivity index (χ0n) is 11.4. The molecule has 0 radical (unpaired) electrons. The van der Waals surface area contributed by atoms with E-state index in [1.165, 1.54) is 22.9 Å². The second kappa shape index (κ2) is 6.83. The minimum atomic E-state index is -0.476. The first-order valence-electron chi connectivity index (χ1n) is 5.97. The van der Waals surface area contributed by atoms with Gasteiger partial charge < -0.3 is 15.4 Å². The summed E-state index contributed by atoms with van der Waals surface area (Å²) in [6.07, 6.45) is 1.52. The molecule has 0 aliphatic rings. The number of hydrogen-bond acceptors (Lipinski definition) is 6. The topological polar surface area (TPSA) is 103 Å². The van der Waals surface area contributed by atoms with Crippen LogP contribution in [0.25, 0.3) is 0 Å². The van der Waals surface area contributed by atoms with E-state index in [1.807, 2.05) is 13.8 Å². The Morgan fingerprint density at radius 3 is 2.74 bits per heavy atom. The first-order valence-corrected chi connectivity index (χ1v) is 5.97. The fourth-order valence-electron chi connectivity index (χ4n) is 1.48. The number of aromatic nitrogens is 3. The third kappa shape index (κ3) is 4.02.